The van der Waals surface area contributed by atoms with E-state index in [2.05, 4.69) is 62.1 Å². The maximum Gasteiger partial charge on any atom is 0.119 e. The van der Waals surface area contributed by atoms with Crippen molar-refractivity contribution in [3.8, 4) is 5.75 Å². The Balaban J connectivity index is 1.72. The number of ether oxygens (including phenoxy) is 1. The maximum atomic E-state index is 6.50. The summed E-state index contributed by atoms with van der Waals surface area (Å²) in [6.07, 6.45) is 2.26. The molecule has 2 unspecified atom stereocenters. The number of piperidine rings is 1. The normalized spacial score (nSPS) is 21.9. The summed E-state index contributed by atoms with van der Waals surface area (Å²) in [6, 6.07) is 19.2. The summed E-state index contributed by atoms with van der Waals surface area (Å²) in [4.78, 5) is 2.54. The van der Waals surface area contributed by atoms with Crippen molar-refractivity contribution < 1.29 is 4.74 Å². The molecular weight excluding hydrogens is 308 g/mol. The van der Waals surface area contributed by atoms with E-state index < -0.39 is 0 Å². The minimum Gasteiger partial charge on any atom is -0.489 e. The molecule has 25 heavy (non-hydrogen) atoms. The van der Waals surface area contributed by atoms with Crippen molar-refractivity contribution >= 4 is 0 Å². The first-order valence-electron chi connectivity index (χ1n) is 9.24. The summed E-state index contributed by atoms with van der Waals surface area (Å²) in [6.45, 7) is 8.52. The van der Waals surface area contributed by atoms with Crippen LogP contribution in [-0.2, 0) is 6.61 Å². The van der Waals surface area contributed by atoms with Gasteiger partial charge in [0.15, 0.2) is 0 Å². The summed E-state index contributed by atoms with van der Waals surface area (Å²) in [5.74, 6) is 0.902. The van der Waals surface area contributed by atoms with Crippen LogP contribution in [0.5, 0.6) is 5.75 Å². The molecule has 0 radical (unpaired) electrons. The second-order valence-corrected chi connectivity index (χ2v) is 7.96. The summed E-state index contributed by atoms with van der Waals surface area (Å²) >= 11 is 0. The van der Waals surface area contributed by atoms with E-state index in [-0.39, 0.29) is 17.6 Å². The highest BCUT2D eigenvalue weighted by Crippen LogP contribution is 2.36. The second-order valence-electron chi connectivity index (χ2n) is 7.96. The van der Waals surface area contributed by atoms with E-state index in [1.165, 1.54) is 17.5 Å². The molecule has 134 valence electrons. The monoisotopic (exact) mass is 338 g/mol. The average Bonchev–Trinajstić information content (AvgIpc) is 2.60. The Morgan fingerprint density at radius 2 is 1.72 bits per heavy atom. The first kappa shape index (κ1) is 18.0. The fourth-order valence-electron chi connectivity index (χ4n) is 3.71. The van der Waals surface area contributed by atoms with E-state index in [4.69, 9.17) is 10.5 Å². The van der Waals surface area contributed by atoms with Crippen LogP contribution in [0.3, 0.4) is 0 Å². The minimum atomic E-state index is 0.116. The Morgan fingerprint density at radius 1 is 1.04 bits per heavy atom. The SMILES string of the molecule is CC(C)(C)N1CCCC(N)C1c1ccc(OCc2ccccc2)cc1. The standard InChI is InChI=1S/C22H30N2O/c1-22(2,3)24-15-7-10-20(23)21(24)18-11-13-19(14-12-18)25-16-17-8-5-4-6-9-17/h4-6,8-9,11-14,20-21H,7,10,15-16,23H2,1-3H3. The molecule has 3 heteroatoms. The molecule has 1 heterocycles. The van der Waals surface area contributed by atoms with Crippen molar-refractivity contribution in [1.29, 1.82) is 0 Å². The van der Waals surface area contributed by atoms with Gasteiger partial charge < -0.3 is 10.5 Å². The lowest BCUT2D eigenvalue weighted by Crippen LogP contribution is -2.53. The minimum absolute atomic E-state index is 0.116. The molecule has 1 aliphatic rings. The van der Waals surface area contributed by atoms with Crippen LogP contribution >= 0.6 is 0 Å². The smallest absolute Gasteiger partial charge is 0.119 e. The Kier molecular flexibility index (Phi) is 5.45. The van der Waals surface area contributed by atoms with Gasteiger partial charge in [-0.25, -0.2) is 0 Å². The van der Waals surface area contributed by atoms with Crippen molar-refractivity contribution in [2.45, 2.75) is 57.8 Å². The molecule has 1 saturated heterocycles. The highest BCUT2D eigenvalue weighted by Gasteiger charge is 2.36. The summed E-state index contributed by atoms with van der Waals surface area (Å²) < 4.78 is 5.91. The van der Waals surface area contributed by atoms with Crippen molar-refractivity contribution in [3.63, 3.8) is 0 Å². The molecule has 0 bridgehead atoms. The summed E-state index contributed by atoms with van der Waals surface area (Å²) in [7, 11) is 0. The van der Waals surface area contributed by atoms with Gasteiger partial charge in [-0.1, -0.05) is 42.5 Å². The first-order valence-corrected chi connectivity index (χ1v) is 9.24. The molecule has 3 rings (SSSR count). The van der Waals surface area contributed by atoms with Crippen molar-refractivity contribution in [1.82, 2.24) is 4.90 Å². The van der Waals surface area contributed by atoms with Crippen LogP contribution in [0.25, 0.3) is 0 Å². The number of likely N-dealkylation sites (tertiary alicyclic amines) is 1. The highest BCUT2D eigenvalue weighted by molar-refractivity contribution is 5.31. The highest BCUT2D eigenvalue weighted by atomic mass is 16.5. The lowest BCUT2D eigenvalue weighted by molar-refractivity contribution is 0.0384. The van der Waals surface area contributed by atoms with E-state index in [9.17, 15) is 0 Å². The van der Waals surface area contributed by atoms with Gasteiger partial charge in [0.05, 0.1) is 6.04 Å². The fraction of sp³-hybridized carbons (Fsp3) is 0.455. The zero-order valence-corrected chi connectivity index (χ0v) is 15.6. The molecule has 2 N–H and O–H groups in total. The molecule has 0 spiro atoms. The Bertz CT molecular complexity index is 661. The van der Waals surface area contributed by atoms with Gasteiger partial charge in [-0.05, 0) is 63.4 Å². The molecule has 1 fully saturated rings. The third-order valence-corrected chi connectivity index (χ3v) is 5.01. The molecule has 2 aromatic rings. The van der Waals surface area contributed by atoms with Crippen LogP contribution < -0.4 is 10.5 Å². The third-order valence-electron chi connectivity index (χ3n) is 5.01. The Morgan fingerprint density at radius 3 is 2.36 bits per heavy atom. The number of nitrogens with two attached hydrogens (primary N) is 1. The molecule has 2 aromatic carbocycles. The third kappa shape index (κ3) is 4.42. The lowest BCUT2D eigenvalue weighted by atomic mass is 9.87. The molecule has 3 nitrogen and oxygen atoms in total. The Labute approximate surface area is 151 Å². The predicted octanol–water partition coefficient (Wildman–Crippen LogP) is 4.53. The number of hydrogen-bond donors (Lipinski definition) is 1. The van der Waals surface area contributed by atoms with E-state index in [1.54, 1.807) is 0 Å². The Hall–Kier alpha value is -1.84. The number of hydrogen-bond acceptors (Lipinski definition) is 3. The average molecular weight is 338 g/mol. The molecule has 0 amide bonds. The largest absolute Gasteiger partial charge is 0.489 e. The number of nitrogens with zero attached hydrogens (tertiary/aromatic N) is 1. The van der Waals surface area contributed by atoms with Gasteiger partial charge >= 0.3 is 0 Å². The summed E-state index contributed by atoms with van der Waals surface area (Å²) in [5, 5.41) is 0. The van der Waals surface area contributed by atoms with E-state index in [0.717, 1.165) is 18.7 Å². The predicted molar refractivity (Wildman–Crippen MR) is 104 cm³/mol. The van der Waals surface area contributed by atoms with E-state index in [1.807, 2.05) is 18.2 Å². The quantitative estimate of drug-likeness (QED) is 0.890. The van der Waals surface area contributed by atoms with E-state index >= 15 is 0 Å². The lowest BCUT2D eigenvalue weighted by Gasteiger charge is -2.47. The maximum absolute atomic E-state index is 6.50. The van der Waals surface area contributed by atoms with E-state index in [0.29, 0.717) is 6.61 Å². The molecule has 0 aromatic heterocycles. The molecule has 1 aliphatic heterocycles. The van der Waals surface area contributed by atoms with Gasteiger partial charge in [0.1, 0.15) is 12.4 Å². The zero-order valence-electron chi connectivity index (χ0n) is 15.6. The molecule has 2 atom stereocenters. The van der Waals surface area contributed by atoms with Crippen LogP contribution in [0.15, 0.2) is 54.6 Å². The zero-order chi connectivity index (χ0) is 17.9. The van der Waals surface area contributed by atoms with Crippen molar-refractivity contribution in [2.24, 2.45) is 5.73 Å². The topological polar surface area (TPSA) is 38.5 Å². The van der Waals surface area contributed by atoms with Gasteiger partial charge in [-0.2, -0.15) is 0 Å². The molecular formula is C22H30N2O. The van der Waals surface area contributed by atoms with Gasteiger partial charge in [-0.3, -0.25) is 4.90 Å². The number of rotatable bonds is 4. The van der Waals surface area contributed by atoms with Crippen LogP contribution in [0.1, 0.15) is 50.8 Å². The fourth-order valence-corrected chi connectivity index (χ4v) is 3.71. The van der Waals surface area contributed by atoms with Crippen molar-refractivity contribution in [3.05, 3.63) is 65.7 Å². The van der Waals surface area contributed by atoms with Crippen molar-refractivity contribution in [2.75, 3.05) is 6.54 Å². The van der Waals surface area contributed by atoms with Crippen LogP contribution in [0.2, 0.25) is 0 Å². The molecule has 0 saturated carbocycles. The van der Waals surface area contributed by atoms with Gasteiger partial charge in [0, 0.05) is 11.6 Å². The summed E-state index contributed by atoms with van der Waals surface area (Å²) in [5.41, 5.74) is 9.08. The van der Waals surface area contributed by atoms with Gasteiger partial charge in [-0.15, -0.1) is 0 Å². The second kappa shape index (κ2) is 7.59. The first-order chi connectivity index (χ1) is 11.9. The van der Waals surface area contributed by atoms with Crippen LogP contribution in [0.4, 0.5) is 0 Å². The van der Waals surface area contributed by atoms with Gasteiger partial charge in [0.25, 0.3) is 0 Å². The van der Waals surface area contributed by atoms with Crippen LogP contribution in [0, 0.1) is 0 Å². The number of benzene rings is 2. The molecule has 0 aliphatic carbocycles. The van der Waals surface area contributed by atoms with Gasteiger partial charge in [0.2, 0.25) is 0 Å². The van der Waals surface area contributed by atoms with Crippen LogP contribution in [-0.4, -0.2) is 23.0 Å².